The van der Waals surface area contributed by atoms with E-state index in [1.165, 1.54) is 18.2 Å². The molecule has 18 heavy (non-hydrogen) atoms. The molecule has 0 bridgehead atoms. The number of aliphatic hydroxyl groups is 1. The summed E-state index contributed by atoms with van der Waals surface area (Å²) in [6.07, 6.45) is 1.12. The highest BCUT2D eigenvalue weighted by Gasteiger charge is 2.68. The Morgan fingerprint density at radius 3 is 2.56 bits per heavy atom. The van der Waals surface area contributed by atoms with Gasteiger partial charge in [-0.1, -0.05) is 12.1 Å². The summed E-state index contributed by atoms with van der Waals surface area (Å²) >= 11 is 0. The van der Waals surface area contributed by atoms with Gasteiger partial charge in [-0.05, 0) is 17.7 Å². The SMILES string of the molecule is CS(=O)(=O)[C@H]1[C@@H](c2cccc(F)c2)[C@@]1(CN)CO. The van der Waals surface area contributed by atoms with Crippen molar-refractivity contribution in [2.24, 2.45) is 11.1 Å². The highest BCUT2D eigenvalue weighted by atomic mass is 32.2. The molecule has 0 spiro atoms. The van der Waals surface area contributed by atoms with E-state index in [1.54, 1.807) is 6.07 Å². The highest BCUT2D eigenvalue weighted by molar-refractivity contribution is 7.91. The van der Waals surface area contributed by atoms with Crippen LogP contribution in [0.3, 0.4) is 0 Å². The molecule has 0 heterocycles. The van der Waals surface area contributed by atoms with Crippen LogP contribution in [0.15, 0.2) is 24.3 Å². The Balaban J connectivity index is 2.45. The van der Waals surface area contributed by atoms with E-state index >= 15 is 0 Å². The van der Waals surface area contributed by atoms with Crippen LogP contribution in [0.1, 0.15) is 11.5 Å². The number of rotatable bonds is 4. The standard InChI is InChI=1S/C12H16FNO3S/c1-18(16,17)11-10(12(11,6-14)7-15)8-3-2-4-9(13)5-8/h2-5,10-11,15H,6-7,14H2,1H3/t10-,11+,12-/m1/s1. The third kappa shape index (κ3) is 1.94. The van der Waals surface area contributed by atoms with E-state index in [1.807, 2.05) is 0 Å². The molecular weight excluding hydrogens is 257 g/mol. The molecule has 0 radical (unpaired) electrons. The van der Waals surface area contributed by atoms with Crippen molar-refractivity contribution in [3.05, 3.63) is 35.6 Å². The quantitative estimate of drug-likeness (QED) is 0.825. The van der Waals surface area contributed by atoms with Crippen LogP contribution < -0.4 is 5.73 Å². The van der Waals surface area contributed by atoms with Gasteiger partial charge in [-0.2, -0.15) is 0 Å². The zero-order valence-corrected chi connectivity index (χ0v) is 10.8. The van der Waals surface area contributed by atoms with Gasteiger partial charge in [-0.3, -0.25) is 0 Å². The van der Waals surface area contributed by atoms with Crippen molar-refractivity contribution < 1.29 is 17.9 Å². The van der Waals surface area contributed by atoms with Gasteiger partial charge in [0.05, 0.1) is 11.9 Å². The lowest BCUT2D eigenvalue weighted by atomic mass is 10.00. The molecule has 2 rings (SSSR count). The smallest absolute Gasteiger partial charge is 0.151 e. The van der Waals surface area contributed by atoms with Crippen molar-refractivity contribution in [3.63, 3.8) is 0 Å². The molecule has 1 aromatic carbocycles. The first-order chi connectivity index (χ1) is 8.36. The first-order valence-electron chi connectivity index (χ1n) is 5.62. The average Bonchev–Trinajstić information content (AvgIpc) is 2.98. The van der Waals surface area contributed by atoms with Crippen LogP contribution in [0.5, 0.6) is 0 Å². The second kappa shape index (κ2) is 4.29. The second-order valence-electron chi connectivity index (χ2n) is 4.88. The normalized spacial score (nSPS) is 31.3. The number of benzene rings is 1. The first-order valence-corrected chi connectivity index (χ1v) is 7.57. The van der Waals surface area contributed by atoms with E-state index < -0.39 is 32.2 Å². The van der Waals surface area contributed by atoms with Crippen LogP contribution in [-0.2, 0) is 9.84 Å². The fourth-order valence-corrected chi connectivity index (χ4v) is 4.84. The van der Waals surface area contributed by atoms with E-state index in [-0.39, 0.29) is 13.2 Å². The van der Waals surface area contributed by atoms with E-state index in [4.69, 9.17) is 5.73 Å². The predicted octanol–water partition coefficient (Wildman–Crippen LogP) is 0.274. The van der Waals surface area contributed by atoms with Crippen LogP contribution in [0, 0.1) is 11.2 Å². The van der Waals surface area contributed by atoms with Crippen molar-refractivity contribution in [2.45, 2.75) is 11.2 Å². The van der Waals surface area contributed by atoms with Crippen LogP contribution in [0.4, 0.5) is 4.39 Å². The monoisotopic (exact) mass is 273 g/mol. The van der Waals surface area contributed by atoms with Gasteiger partial charge in [0.2, 0.25) is 0 Å². The van der Waals surface area contributed by atoms with Crippen LogP contribution in [0.25, 0.3) is 0 Å². The molecule has 0 aliphatic heterocycles. The van der Waals surface area contributed by atoms with E-state index in [9.17, 15) is 17.9 Å². The van der Waals surface area contributed by atoms with Crippen molar-refractivity contribution in [2.75, 3.05) is 19.4 Å². The van der Waals surface area contributed by atoms with Gasteiger partial charge in [-0.15, -0.1) is 0 Å². The molecule has 3 N–H and O–H groups in total. The summed E-state index contributed by atoms with van der Waals surface area (Å²) in [6.45, 7) is -0.259. The minimum absolute atomic E-state index is 0.0580. The van der Waals surface area contributed by atoms with Gasteiger partial charge in [0.1, 0.15) is 5.82 Å². The molecule has 3 atom stereocenters. The molecule has 6 heteroatoms. The Morgan fingerprint density at radius 1 is 1.50 bits per heavy atom. The lowest BCUT2D eigenvalue weighted by Gasteiger charge is -2.11. The number of hydrogen-bond donors (Lipinski definition) is 2. The Bertz CT molecular complexity index is 554. The van der Waals surface area contributed by atoms with Crippen molar-refractivity contribution in [1.82, 2.24) is 0 Å². The molecule has 1 saturated carbocycles. The minimum atomic E-state index is -3.33. The van der Waals surface area contributed by atoms with E-state index in [2.05, 4.69) is 0 Å². The van der Waals surface area contributed by atoms with Gasteiger partial charge < -0.3 is 10.8 Å². The molecular formula is C12H16FNO3S. The van der Waals surface area contributed by atoms with Gasteiger partial charge in [0.15, 0.2) is 9.84 Å². The largest absolute Gasteiger partial charge is 0.396 e. The fourth-order valence-electron chi connectivity index (χ4n) is 2.83. The summed E-state index contributed by atoms with van der Waals surface area (Å²) in [5, 5.41) is 8.72. The molecule has 0 amide bonds. The van der Waals surface area contributed by atoms with Crippen LogP contribution >= 0.6 is 0 Å². The number of hydrogen-bond acceptors (Lipinski definition) is 4. The summed E-state index contributed by atoms with van der Waals surface area (Å²) < 4.78 is 36.7. The summed E-state index contributed by atoms with van der Waals surface area (Å²) in [5.74, 6) is -0.853. The van der Waals surface area contributed by atoms with E-state index in [0.29, 0.717) is 5.56 Å². The molecule has 1 aliphatic rings. The first kappa shape index (κ1) is 13.5. The van der Waals surface area contributed by atoms with Gasteiger partial charge in [0.25, 0.3) is 0 Å². The highest BCUT2D eigenvalue weighted by Crippen LogP contribution is 2.61. The van der Waals surface area contributed by atoms with Crippen molar-refractivity contribution in [1.29, 1.82) is 0 Å². The van der Waals surface area contributed by atoms with Crippen LogP contribution in [0.2, 0.25) is 0 Å². The maximum absolute atomic E-state index is 13.2. The molecule has 1 fully saturated rings. The maximum Gasteiger partial charge on any atom is 0.151 e. The Kier molecular flexibility index (Phi) is 3.21. The van der Waals surface area contributed by atoms with Crippen LogP contribution in [-0.4, -0.2) is 38.2 Å². The summed E-state index contributed by atoms with van der Waals surface area (Å²) in [6, 6.07) is 5.79. The summed E-state index contributed by atoms with van der Waals surface area (Å²) in [4.78, 5) is 0. The summed E-state index contributed by atoms with van der Waals surface area (Å²) in [7, 11) is -3.33. The zero-order chi connectivity index (χ0) is 13.6. The third-order valence-corrected chi connectivity index (χ3v) is 5.39. The fraction of sp³-hybridized carbons (Fsp3) is 0.500. The molecule has 0 unspecified atom stereocenters. The topological polar surface area (TPSA) is 80.4 Å². The van der Waals surface area contributed by atoms with Gasteiger partial charge in [-0.25, -0.2) is 12.8 Å². The predicted molar refractivity (Wildman–Crippen MR) is 66.3 cm³/mol. The average molecular weight is 273 g/mol. The molecule has 0 saturated heterocycles. The van der Waals surface area contributed by atoms with Gasteiger partial charge >= 0.3 is 0 Å². The molecule has 1 aliphatic carbocycles. The Hall–Kier alpha value is -0.980. The number of aliphatic hydroxyl groups excluding tert-OH is 1. The Labute approximate surface area is 106 Å². The van der Waals surface area contributed by atoms with E-state index in [0.717, 1.165) is 6.26 Å². The third-order valence-electron chi connectivity index (χ3n) is 3.72. The lowest BCUT2D eigenvalue weighted by molar-refractivity contribution is 0.212. The number of sulfone groups is 1. The van der Waals surface area contributed by atoms with Gasteiger partial charge in [0, 0.05) is 24.1 Å². The molecule has 4 nitrogen and oxygen atoms in total. The van der Waals surface area contributed by atoms with Crippen molar-refractivity contribution in [3.8, 4) is 0 Å². The molecule has 1 aromatic rings. The maximum atomic E-state index is 13.2. The minimum Gasteiger partial charge on any atom is -0.396 e. The summed E-state index contributed by atoms with van der Waals surface area (Å²) in [5.41, 5.74) is 5.31. The molecule has 0 aromatic heterocycles. The molecule has 100 valence electrons. The Morgan fingerprint density at radius 2 is 2.17 bits per heavy atom. The zero-order valence-electron chi connectivity index (χ0n) is 10.0. The second-order valence-corrected chi connectivity index (χ2v) is 7.05. The number of halogens is 1. The number of nitrogens with two attached hydrogens (primary N) is 1. The lowest BCUT2D eigenvalue weighted by Crippen LogP contribution is -2.27. The van der Waals surface area contributed by atoms with Crippen molar-refractivity contribution >= 4 is 9.84 Å².